The minimum absolute atomic E-state index is 0.0682. The predicted molar refractivity (Wildman–Crippen MR) is 214 cm³/mol. The molecule has 0 aliphatic heterocycles. The van der Waals surface area contributed by atoms with Gasteiger partial charge in [0.2, 0.25) is 0 Å². The first-order valence-electron chi connectivity index (χ1n) is 21.5. The third-order valence-corrected chi connectivity index (χ3v) is 9.41. The van der Waals surface area contributed by atoms with Crippen molar-refractivity contribution in [1.82, 2.24) is 0 Å². The van der Waals surface area contributed by atoms with Crippen molar-refractivity contribution in [1.29, 1.82) is 0 Å². The molecule has 1 atom stereocenters. The van der Waals surface area contributed by atoms with Crippen LogP contribution in [0.25, 0.3) is 0 Å². The van der Waals surface area contributed by atoms with Gasteiger partial charge in [-0.1, -0.05) is 172 Å². The second kappa shape index (κ2) is 41.5. The zero-order valence-electron chi connectivity index (χ0n) is 33.2. The van der Waals surface area contributed by atoms with Gasteiger partial charge in [0.05, 0.1) is 6.61 Å². The Morgan fingerprint density at radius 3 is 1.24 bits per heavy atom. The zero-order chi connectivity index (χ0) is 36.4. The van der Waals surface area contributed by atoms with Crippen molar-refractivity contribution in [2.24, 2.45) is 0 Å². The predicted octanol–water partition coefficient (Wildman–Crippen LogP) is 13.6. The quantitative estimate of drug-likeness (QED) is 0.0392. The Kier molecular flexibility index (Phi) is 40.0. The van der Waals surface area contributed by atoms with Gasteiger partial charge in [0.25, 0.3) is 0 Å². The number of rotatable bonds is 39. The molecule has 0 spiro atoms. The normalized spacial score (nSPS) is 12.5. The maximum absolute atomic E-state index is 12.2. The average molecular weight is 703 g/mol. The summed E-state index contributed by atoms with van der Waals surface area (Å²) < 4.78 is 10.6. The second-order valence-corrected chi connectivity index (χ2v) is 14.4. The highest BCUT2D eigenvalue weighted by Crippen LogP contribution is 2.14. The highest BCUT2D eigenvalue weighted by atomic mass is 16.6. The van der Waals surface area contributed by atoms with Crippen LogP contribution in [0.4, 0.5) is 0 Å². The molecule has 5 heteroatoms. The van der Waals surface area contributed by atoms with Gasteiger partial charge in [0.15, 0.2) is 6.10 Å². The van der Waals surface area contributed by atoms with Crippen molar-refractivity contribution >= 4 is 11.9 Å². The van der Waals surface area contributed by atoms with E-state index in [1.165, 1.54) is 148 Å². The molecule has 0 aromatic carbocycles. The van der Waals surface area contributed by atoms with E-state index < -0.39 is 6.10 Å². The van der Waals surface area contributed by atoms with Gasteiger partial charge in [-0.15, -0.1) is 0 Å². The van der Waals surface area contributed by atoms with E-state index in [4.69, 9.17) is 9.47 Å². The van der Waals surface area contributed by atoms with Crippen LogP contribution < -0.4 is 0 Å². The molecule has 0 heterocycles. The van der Waals surface area contributed by atoms with Crippen LogP contribution in [0.5, 0.6) is 0 Å². The van der Waals surface area contributed by atoms with Crippen LogP contribution in [0.2, 0.25) is 0 Å². The van der Waals surface area contributed by atoms with Crippen molar-refractivity contribution in [3.63, 3.8) is 0 Å². The summed E-state index contributed by atoms with van der Waals surface area (Å²) in [6.07, 6.45) is 50.6. The average Bonchev–Trinajstić information content (AvgIpc) is 3.12. The lowest BCUT2D eigenvalue weighted by Crippen LogP contribution is -2.28. The van der Waals surface area contributed by atoms with E-state index in [2.05, 4.69) is 50.3 Å². The largest absolute Gasteiger partial charge is 0.462 e. The van der Waals surface area contributed by atoms with Crippen molar-refractivity contribution < 1.29 is 24.2 Å². The number of aliphatic hydroxyl groups excluding tert-OH is 1. The van der Waals surface area contributed by atoms with Gasteiger partial charge in [-0.25, -0.2) is 0 Å². The molecule has 0 aliphatic rings. The van der Waals surface area contributed by atoms with E-state index in [0.29, 0.717) is 12.8 Å². The number of aliphatic hydroxyl groups is 1. The van der Waals surface area contributed by atoms with Gasteiger partial charge in [-0.05, 0) is 70.6 Å². The molecule has 0 bridgehead atoms. The minimum Gasteiger partial charge on any atom is -0.462 e. The van der Waals surface area contributed by atoms with Gasteiger partial charge in [-0.2, -0.15) is 0 Å². The van der Waals surface area contributed by atoms with E-state index in [0.717, 1.165) is 44.9 Å². The molecule has 5 nitrogen and oxygen atoms in total. The monoisotopic (exact) mass is 703 g/mol. The summed E-state index contributed by atoms with van der Waals surface area (Å²) in [6.45, 7) is 4.11. The van der Waals surface area contributed by atoms with Crippen LogP contribution in [0.3, 0.4) is 0 Å². The molecule has 1 N–H and O–H groups in total. The molecule has 0 saturated carbocycles. The Morgan fingerprint density at radius 1 is 0.460 bits per heavy atom. The fraction of sp³-hybridized carbons (Fsp3) is 0.822. The van der Waals surface area contributed by atoms with Crippen LogP contribution in [0, 0.1) is 0 Å². The van der Waals surface area contributed by atoms with Gasteiger partial charge >= 0.3 is 11.9 Å². The third kappa shape index (κ3) is 38.9. The van der Waals surface area contributed by atoms with E-state index in [1.807, 2.05) is 0 Å². The lowest BCUT2D eigenvalue weighted by atomic mass is 10.1. The molecular formula is C45H82O5. The number of ether oxygens (including phenoxy) is 2. The Bertz CT molecular complexity index is 801. The molecule has 0 fully saturated rings. The topological polar surface area (TPSA) is 72.8 Å². The Balaban J connectivity index is 3.54. The van der Waals surface area contributed by atoms with Crippen LogP contribution >= 0.6 is 0 Å². The molecule has 0 amide bonds. The Morgan fingerprint density at radius 2 is 0.800 bits per heavy atom. The lowest BCUT2D eigenvalue weighted by molar-refractivity contribution is -0.161. The number of hydrogen-bond acceptors (Lipinski definition) is 5. The van der Waals surface area contributed by atoms with Crippen LogP contribution in [-0.4, -0.2) is 36.4 Å². The standard InChI is InChI=1S/C45H82O5/c1-3-5-7-9-11-13-15-17-19-21-22-24-26-28-30-32-34-36-38-40-45(48)50-43(41-46)42-49-44(47)39-37-35-33-31-29-27-25-23-20-18-16-14-12-10-8-6-4-2/h11,13,17-20,43,46H,3-10,12,14-16,21-42H2,1-2H3/b13-11-,19-17-,20-18-. The van der Waals surface area contributed by atoms with Gasteiger partial charge in [0.1, 0.15) is 6.61 Å². The molecule has 0 aromatic heterocycles. The molecule has 1 unspecified atom stereocenters. The Hall–Kier alpha value is -1.88. The number of carbonyl (C=O) groups excluding carboxylic acids is 2. The van der Waals surface area contributed by atoms with Crippen LogP contribution in [0.1, 0.15) is 219 Å². The first-order chi connectivity index (χ1) is 24.6. The fourth-order valence-electron chi connectivity index (χ4n) is 6.11. The fourth-order valence-corrected chi connectivity index (χ4v) is 6.11. The number of unbranched alkanes of at least 4 members (excludes halogenated alkanes) is 25. The molecular weight excluding hydrogens is 620 g/mol. The maximum atomic E-state index is 12.2. The third-order valence-electron chi connectivity index (χ3n) is 9.41. The van der Waals surface area contributed by atoms with Crippen molar-refractivity contribution in [3.05, 3.63) is 36.5 Å². The molecule has 0 saturated heterocycles. The minimum atomic E-state index is -0.774. The first-order valence-corrected chi connectivity index (χ1v) is 21.5. The van der Waals surface area contributed by atoms with Crippen molar-refractivity contribution in [3.8, 4) is 0 Å². The second-order valence-electron chi connectivity index (χ2n) is 14.4. The summed E-state index contributed by atoms with van der Waals surface area (Å²) in [5, 5.41) is 9.58. The summed E-state index contributed by atoms with van der Waals surface area (Å²) in [5.41, 5.74) is 0. The highest BCUT2D eigenvalue weighted by Gasteiger charge is 2.16. The summed E-state index contributed by atoms with van der Waals surface area (Å²) in [6, 6.07) is 0. The van der Waals surface area contributed by atoms with E-state index in [9.17, 15) is 14.7 Å². The number of carbonyl (C=O) groups is 2. The zero-order valence-corrected chi connectivity index (χ0v) is 33.2. The van der Waals surface area contributed by atoms with Crippen molar-refractivity contribution in [2.75, 3.05) is 13.2 Å². The molecule has 0 radical (unpaired) electrons. The van der Waals surface area contributed by atoms with Crippen LogP contribution in [0.15, 0.2) is 36.5 Å². The van der Waals surface area contributed by atoms with E-state index >= 15 is 0 Å². The molecule has 0 rings (SSSR count). The maximum Gasteiger partial charge on any atom is 0.306 e. The summed E-state index contributed by atoms with van der Waals surface area (Å²) in [7, 11) is 0. The lowest BCUT2D eigenvalue weighted by Gasteiger charge is -2.15. The number of allylic oxidation sites excluding steroid dienone is 6. The van der Waals surface area contributed by atoms with Crippen molar-refractivity contribution in [2.45, 2.75) is 225 Å². The van der Waals surface area contributed by atoms with E-state index in [-0.39, 0.29) is 25.2 Å². The smallest absolute Gasteiger partial charge is 0.306 e. The Labute approximate surface area is 310 Å². The molecule has 0 aromatic rings. The first kappa shape index (κ1) is 48.1. The number of esters is 2. The summed E-state index contributed by atoms with van der Waals surface area (Å²) in [4.78, 5) is 24.3. The summed E-state index contributed by atoms with van der Waals surface area (Å²) in [5.74, 6) is -0.595. The highest BCUT2D eigenvalue weighted by molar-refractivity contribution is 5.70. The van der Waals surface area contributed by atoms with Gasteiger partial charge in [-0.3, -0.25) is 9.59 Å². The molecule has 0 aliphatic carbocycles. The number of hydrogen-bond donors (Lipinski definition) is 1. The van der Waals surface area contributed by atoms with Gasteiger partial charge < -0.3 is 14.6 Å². The van der Waals surface area contributed by atoms with Crippen LogP contribution in [-0.2, 0) is 19.1 Å². The SMILES string of the molecule is CCCCC/C=C\C/C=C\CCCCCCCCCCCC(=O)OC(CO)COC(=O)CCCCCCCCC/C=C\CCCCCCCC. The van der Waals surface area contributed by atoms with E-state index in [1.54, 1.807) is 0 Å². The summed E-state index contributed by atoms with van der Waals surface area (Å²) >= 11 is 0. The molecule has 292 valence electrons. The molecule has 50 heavy (non-hydrogen) atoms. The van der Waals surface area contributed by atoms with Gasteiger partial charge in [0, 0.05) is 12.8 Å².